The summed E-state index contributed by atoms with van der Waals surface area (Å²) in [6, 6.07) is 14.0. The molecule has 0 saturated carbocycles. The summed E-state index contributed by atoms with van der Waals surface area (Å²) in [6.45, 7) is 0. The molecule has 3 N–H and O–H groups in total. The van der Waals surface area contributed by atoms with E-state index in [-0.39, 0.29) is 9.88 Å². The summed E-state index contributed by atoms with van der Waals surface area (Å²) >= 11 is 10.7. The van der Waals surface area contributed by atoms with E-state index in [9.17, 15) is 8.42 Å². The Kier molecular flexibility index (Phi) is 4.95. The molecule has 0 fully saturated rings. The summed E-state index contributed by atoms with van der Waals surface area (Å²) in [4.78, 5) is 0.155. The molecule has 0 spiro atoms. The van der Waals surface area contributed by atoms with Crippen molar-refractivity contribution in [2.24, 2.45) is 5.73 Å². The average molecular weight is 341 g/mol. The van der Waals surface area contributed by atoms with Crippen LogP contribution in [0, 0.1) is 0 Å². The van der Waals surface area contributed by atoms with Gasteiger partial charge in [-0.3, -0.25) is 0 Å². The Hall–Kier alpha value is -1.47. The zero-order valence-electron chi connectivity index (χ0n) is 10.9. The molecule has 1 atom stereocenters. The first-order chi connectivity index (χ1) is 9.90. The molecule has 0 radical (unpaired) electrons. The van der Waals surface area contributed by atoms with E-state index in [1.54, 1.807) is 24.3 Å². The summed E-state index contributed by atoms with van der Waals surface area (Å²) in [5.74, 6) is 0. The van der Waals surface area contributed by atoms with Gasteiger partial charge < -0.3 is 5.73 Å². The molecule has 21 heavy (non-hydrogen) atoms. The van der Waals surface area contributed by atoms with Crippen molar-refractivity contribution in [1.82, 2.24) is 4.72 Å². The van der Waals surface area contributed by atoms with Crippen molar-refractivity contribution in [3.63, 3.8) is 0 Å². The minimum Gasteiger partial charge on any atom is -0.392 e. The highest BCUT2D eigenvalue weighted by Gasteiger charge is 2.23. The van der Waals surface area contributed by atoms with E-state index in [1.807, 2.05) is 6.07 Å². The van der Waals surface area contributed by atoms with Gasteiger partial charge in [-0.2, -0.15) is 4.72 Å². The summed E-state index contributed by atoms with van der Waals surface area (Å²) in [5.41, 5.74) is 6.34. The third kappa shape index (κ3) is 4.01. The second-order valence-corrected chi connectivity index (χ2v) is 6.94. The molecule has 2 rings (SSSR count). The smallest absolute Gasteiger partial charge is 0.241 e. The highest BCUT2D eigenvalue weighted by molar-refractivity contribution is 7.89. The summed E-state index contributed by atoms with van der Waals surface area (Å²) in [6.07, 6.45) is 0. The first-order valence-corrected chi connectivity index (χ1v) is 8.29. The highest BCUT2D eigenvalue weighted by atomic mass is 35.5. The maximum atomic E-state index is 12.4. The standard InChI is InChI=1S/C14H13ClN2O2S2/c15-11-6-8-12(9-7-11)21(18,19)17-13(14(16)20)10-4-2-1-3-5-10/h1-9,13,17H,(H2,16,20). The van der Waals surface area contributed by atoms with Crippen LogP contribution < -0.4 is 10.5 Å². The molecule has 0 saturated heterocycles. The van der Waals surface area contributed by atoms with E-state index in [4.69, 9.17) is 29.6 Å². The lowest BCUT2D eigenvalue weighted by molar-refractivity contribution is 0.577. The Morgan fingerprint density at radius 2 is 1.67 bits per heavy atom. The monoisotopic (exact) mass is 340 g/mol. The van der Waals surface area contributed by atoms with Crippen LogP contribution in [0.4, 0.5) is 0 Å². The minimum atomic E-state index is -3.75. The van der Waals surface area contributed by atoms with E-state index in [2.05, 4.69) is 4.72 Å². The molecule has 0 bridgehead atoms. The van der Waals surface area contributed by atoms with Crippen LogP contribution in [-0.4, -0.2) is 13.4 Å². The maximum Gasteiger partial charge on any atom is 0.241 e. The molecule has 4 nitrogen and oxygen atoms in total. The van der Waals surface area contributed by atoms with Gasteiger partial charge >= 0.3 is 0 Å². The molecule has 110 valence electrons. The normalized spacial score (nSPS) is 12.8. The maximum absolute atomic E-state index is 12.4. The molecule has 0 aliphatic rings. The van der Waals surface area contributed by atoms with Gasteiger partial charge in [0.05, 0.1) is 15.9 Å². The number of hydrogen-bond acceptors (Lipinski definition) is 3. The molecule has 0 aromatic heterocycles. The number of sulfonamides is 1. The van der Waals surface area contributed by atoms with Gasteiger partial charge in [-0.05, 0) is 29.8 Å². The fraction of sp³-hybridized carbons (Fsp3) is 0.0714. The number of rotatable bonds is 5. The number of nitrogens with one attached hydrogen (secondary N) is 1. The van der Waals surface area contributed by atoms with Gasteiger partial charge in [0.2, 0.25) is 10.0 Å². The Balaban J connectivity index is 2.32. The number of halogens is 1. The largest absolute Gasteiger partial charge is 0.392 e. The quantitative estimate of drug-likeness (QED) is 0.821. The van der Waals surface area contributed by atoms with E-state index < -0.39 is 16.1 Å². The number of hydrogen-bond donors (Lipinski definition) is 2. The van der Waals surface area contributed by atoms with Gasteiger partial charge in [0.1, 0.15) is 0 Å². The number of thiocarbonyl (C=S) groups is 1. The van der Waals surface area contributed by atoms with Gasteiger partial charge in [0.15, 0.2) is 0 Å². The second kappa shape index (κ2) is 6.53. The fourth-order valence-corrected chi connectivity index (χ4v) is 3.37. The Morgan fingerprint density at radius 1 is 1.10 bits per heavy atom. The molecule has 7 heteroatoms. The third-order valence-corrected chi connectivity index (χ3v) is 4.74. The molecule has 1 unspecified atom stereocenters. The van der Waals surface area contributed by atoms with E-state index >= 15 is 0 Å². The summed E-state index contributed by atoms with van der Waals surface area (Å²) in [7, 11) is -3.75. The van der Waals surface area contributed by atoms with Crippen LogP contribution >= 0.6 is 23.8 Å². The lowest BCUT2D eigenvalue weighted by atomic mass is 10.1. The zero-order chi connectivity index (χ0) is 15.5. The molecule has 0 amide bonds. The predicted molar refractivity (Wildman–Crippen MR) is 87.7 cm³/mol. The van der Waals surface area contributed by atoms with Crippen molar-refractivity contribution >= 4 is 38.8 Å². The topological polar surface area (TPSA) is 72.2 Å². The number of benzene rings is 2. The van der Waals surface area contributed by atoms with E-state index in [0.29, 0.717) is 10.6 Å². The second-order valence-electron chi connectivity index (χ2n) is 4.32. The number of nitrogens with two attached hydrogens (primary N) is 1. The van der Waals surface area contributed by atoms with Gasteiger partial charge in [-0.1, -0.05) is 54.2 Å². The van der Waals surface area contributed by atoms with Crippen LogP contribution in [0.2, 0.25) is 5.02 Å². The Bertz CT molecular complexity index is 731. The molecule has 0 aliphatic heterocycles. The van der Waals surface area contributed by atoms with Gasteiger partial charge in [-0.15, -0.1) is 0 Å². The zero-order valence-corrected chi connectivity index (χ0v) is 13.3. The van der Waals surface area contributed by atoms with Crippen LogP contribution in [0.5, 0.6) is 0 Å². The Labute approximate surface area is 134 Å². The summed E-state index contributed by atoms with van der Waals surface area (Å²) in [5, 5.41) is 0.461. The SMILES string of the molecule is NC(=S)C(NS(=O)(=O)c1ccc(Cl)cc1)c1ccccc1. The van der Waals surface area contributed by atoms with Gasteiger partial charge in [0, 0.05) is 5.02 Å². The first-order valence-electron chi connectivity index (χ1n) is 6.02. The molecule has 2 aromatic rings. The Morgan fingerprint density at radius 3 is 2.19 bits per heavy atom. The van der Waals surface area contributed by atoms with Crippen LogP contribution in [0.15, 0.2) is 59.5 Å². The van der Waals surface area contributed by atoms with Crippen molar-refractivity contribution in [2.45, 2.75) is 10.9 Å². The minimum absolute atomic E-state index is 0.0544. The van der Waals surface area contributed by atoms with Gasteiger partial charge in [0.25, 0.3) is 0 Å². The third-order valence-electron chi connectivity index (χ3n) is 2.81. The van der Waals surface area contributed by atoms with Crippen LogP contribution in [0.25, 0.3) is 0 Å². The molecule has 0 aliphatic carbocycles. The van der Waals surface area contributed by atoms with Crippen LogP contribution in [0.3, 0.4) is 0 Å². The first kappa shape index (κ1) is 15.9. The van der Waals surface area contributed by atoms with Crippen molar-refractivity contribution in [2.75, 3.05) is 0 Å². The van der Waals surface area contributed by atoms with Crippen molar-refractivity contribution in [1.29, 1.82) is 0 Å². The van der Waals surface area contributed by atoms with Crippen molar-refractivity contribution in [3.05, 3.63) is 65.2 Å². The van der Waals surface area contributed by atoms with Gasteiger partial charge in [-0.25, -0.2) is 8.42 Å². The van der Waals surface area contributed by atoms with Crippen molar-refractivity contribution < 1.29 is 8.42 Å². The van der Waals surface area contributed by atoms with E-state index in [0.717, 1.165) is 0 Å². The van der Waals surface area contributed by atoms with Crippen molar-refractivity contribution in [3.8, 4) is 0 Å². The summed E-state index contributed by atoms with van der Waals surface area (Å²) < 4.78 is 27.2. The molecular formula is C14H13ClN2O2S2. The van der Waals surface area contributed by atoms with E-state index in [1.165, 1.54) is 24.3 Å². The lowest BCUT2D eigenvalue weighted by Crippen LogP contribution is -2.36. The predicted octanol–water partition coefficient (Wildman–Crippen LogP) is 2.65. The molecular weight excluding hydrogens is 328 g/mol. The van der Waals surface area contributed by atoms with Crippen LogP contribution in [-0.2, 0) is 10.0 Å². The van der Waals surface area contributed by atoms with Crippen LogP contribution in [0.1, 0.15) is 11.6 Å². The highest BCUT2D eigenvalue weighted by Crippen LogP contribution is 2.19. The average Bonchev–Trinajstić information content (AvgIpc) is 2.46. The fourth-order valence-electron chi connectivity index (χ4n) is 1.77. The molecule has 0 heterocycles. The molecule has 2 aromatic carbocycles. The lowest BCUT2D eigenvalue weighted by Gasteiger charge is -2.18.